The number of aromatic hydroxyl groups is 1. The molecule has 1 N–H and O–H groups in total. The Hall–Kier alpha value is -2.04. The van der Waals surface area contributed by atoms with Crippen LogP contribution in [0.25, 0.3) is 0 Å². The molecule has 0 aromatic heterocycles. The first-order valence-corrected chi connectivity index (χ1v) is 5.32. The molecule has 0 fully saturated rings. The third-order valence-corrected chi connectivity index (χ3v) is 2.54. The van der Waals surface area contributed by atoms with Crippen LogP contribution in [-0.2, 0) is 14.3 Å². The fourth-order valence-corrected chi connectivity index (χ4v) is 1.79. The molecule has 0 bridgehead atoms. The Kier molecular flexibility index (Phi) is 2.99. The van der Waals surface area contributed by atoms with Crippen LogP contribution >= 0.6 is 0 Å². The molecule has 0 unspecified atom stereocenters. The molecular formula is C12H12O5. The largest absolute Gasteiger partial charge is 0.508 e. The highest BCUT2D eigenvalue weighted by atomic mass is 16.5. The number of carbonyl (C=O) groups excluding carboxylic acids is 2. The minimum absolute atomic E-state index is 0.0379. The van der Waals surface area contributed by atoms with Gasteiger partial charge in [0.05, 0.1) is 18.9 Å². The summed E-state index contributed by atoms with van der Waals surface area (Å²) in [4.78, 5) is 22.9. The highest BCUT2D eigenvalue weighted by molar-refractivity contribution is 5.90. The summed E-state index contributed by atoms with van der Waals surface area (Å²) in [5.74, 6) is -1.20. The molecule has 5 heteroatoms. The monoisotopic (exact) mass is 236 g/mol. The van der Waals surface area contributed by atoms with Crippen molar-refractivity contribution in [2.75, 3.05) is 6.61 Å². The normalized spacial score (nSPS) is 17.5. The quantitative estimate of drug-likeness (QED) is 0.633. The second-order valence-electron chi connectivity index (χ2n) is 3.70. The molecule has 2 rings (SSSR count). The van der Waals surface area contributed by atoms with Crippen LogP contribution in [0.15, 0.2) is 18.2 Å². The van der Waals surface area contributed by atoms with Crippen LogP contribution in [0.1, 0.15) is 24.8 Å². The van der Waals surface area contributed by atoms with E-state index in [-0.39, 0.29) is 18.8 Å². The molecule has 1 atom stereocenters. The maximum absolute atomic E-state index is 11.6. The van der Waals surface area contributed by atoms with Crippen LogP contribution in [0.4, 0.5) is 0 Å². The van der Waals surface area contributed by atoms with Gasteiger partial charge in [-0.1, -0.05) is 0 Å². The van der Waals surface area contributed by atoms with Crippen LogP contribution < -0.4 is 4.74 Å². The fourth-order valence-electron chi connectivity index (χ4n) is 1.79. The Morgan fingerprint density at radius 2 is 2.29 bits per heavy atom. The highest BCUT2D eigenvalue weighted by Gasteiger charge is 2.35. The summed E-state index contributed by atoms with van der Waals surface area (Å²) >= 11 is 0. The van der Waals surface area contributed by atoms with E-state index in [1.54, 1.807) is 6.92 Å². The minimum Gasteiger partial charge on any atom is -0.508 e. The lowest BCUT2D eigenvalue weighted by molar-refractivity contribution is -0.146. The van der Waals surface area contributed by atoms with Gasteiger partial charge in [0.2, 0.25) is 0 Å². The maximum Gasteiger partial charge on any atom is 0.319 e. The minimum atomic E-state index is -0.684. The van der Waals surface area contributed by atoms with E-state index in [1.807, 2.05) is 0 Å². The molecule has 17 heavy (non-hydrogen) atoms. The average molecular weight is 236 g/mol. The summed E-state index contributed by atoms with van der Waals surface area (Å²) < 4.78 is 9.78. The number of hydrogen-bond donors (Lipinski definition) is 1. The van der Waals surface area contributed by atoms with E-state index >= 15 is 0 Å². The Balaban J connectivity index is 2.22. The predicted octanol–water partition coefficient (Wildman–Crippen LogP) is 1.35. The van der Waals surface area contributed by atoms with Gasteiger partial charge in [-0.05, 0) is 25.1 Å². The van der Waals surface area contributed by atoms with Gasteiger partial charge in [-0.2, -0.15) is 0 Å². The molecular weight excluding hydrogens is 224 g/mol. The van der Waals surface area contributed by atoms with Crippen molar-refractivity contribution in [3.8, 4) is 11.5 Å². The summed E-state index contributed by atoms with van der Waals surface area (Å²) in [6, 6.07) is 4.37. The van der Waals surface area contributed by atoms with Crippen molar-refractivity contribution in [3.63, 3.8) is 0 Å². The number of hydrogen-bond acceptors (Lipinski definition) is 5. The van der Waals surface area contributed by atoms with Crippen molar-refractivity contribution < 1.29 is 24.2 Å². The maximum atomic E-state index is 11.6. The van der Waals surface area contributed by atoms with Crippen LogP contribution in [0.2, 0.25) is 0 Å². The number of fused-ring (bicyclic) bond motifs is 1. The van der Waals surface area contributed by atoms with Crippen molar-refractivity contribution >= 4 is 11.9 Å². The number of ether oxygens (including phenoxy) is 2. The van der Waals surface area contributed by atoms with Gasteiger partial charge in [-0.25, -0.2) is 0 Å². The molecule has 1 aromatic rings. The van der Waals surface area contributed by atoms with Crippen LogP contribution in [0.3, 0.4) is 0 Å². The highest BCUT2D eigenvalue weighted by Crippen LogP contribution is 2.38. The molecule has 90 valence electrons. The summed E-state index contributed by atoms with van der Waals surface area (Å²) in [6.07, 6.45) is -0.0663. The lowest BCUT2D eigenvalue weighted by Crippen LogP contribution is -2.16. The molecule has 0 saturated heterocycles. The van der Waals surface area contributed by atoms with Gasteiger partial charge in [-0.3, -0.25) is 9.59 Å². The van der Waals surface area contributed by atoms with Gasteiger partial charge in [0, 0.05) is 5.56 Å². The number of esters is 2. The van der Waals surface area contributed by atoms with E-state index < -0.39 is 17.9 Å². The molecule has 1 aromatic carbocycles. The summed E-state index contributed by atoms with van der Waals surface area (Å²) in [6.45, 7) is 1.97. The van der Waals surface area contributed by atoms with Crippen molar-refractivity contribution in [1.29, 1.82) is 0 Å². The molecule has 1 heterocycles. The Morgan fingerprint density at radius 1 is 1.53 bits per heavy atom. The van der Waals surface area contributed by atoms with Crippen molar-refractivity contribution in [2.45, 2.75) is 19.3 Å². The molecule has 5 nitrogen and oxygen atoms in total. The molecule has 0 amide bonds. The van der Waals surface area contributed by atoms with Crippen molar-refractivity contribution in [3.05, 3.63) is 23.8 Å². The number of phenolic OH excluding ortho intramolecular Hbond substituents is 1. The van der Waals surface area contributed by atoms with Crippen LogP contribution in [0, 0.1) is 0 Å². The van der Waals surface area contributed by atoms with Crippen LogP contribution in [-0.4, -0.2) is 23.7 Å². The second-order valence-corrected chi connectivity index (χ2v) is 3.70. The van der Waals surface area contributed by atoms with Gasteiger partial charge < -0.3 is 14.6 Å². The molecule has 0 spiro atoms. The zero-order chi connectivity index (χ0) is 12.4. The molecule has 0 radical (unpaired) electrons. The smallest absolute Gasteiger partial charge is 0.319 e. The Morgan fingerprint density at radius 3 is 3.00 bits per heavy atom. The zero-order valence-corrected chi connectivity index (χ0v) is 9.30. The average Bonchev–Trinajstić information content (AvgIpc) is 2.56. The molecule has 0 aliphatic carbocycles. The van der Waals surface area contributed by atoms with E-state index in [0.717, 1.165) is 0 Å². The van der Waals surface area contributed by atoms with Gasteiger partial charge in [0.25, 0.3) is 0 Å². The van der Waals surface area contributed by atoms with Gasteiger partial charge in [-0.15, -0.1) is 0 Å². The predicted molar refractivity (Wildman–Crippen MR) is 57.7 cm³/mol. The van der Waals surface area contributed by atoms with Gasteiger partial charge in [0.15, 0.2) is 0 Å². The summed E-state index contributed by atoms with van der Waals surface area (Å²) in [7, 11) is 0. The van der Waals surface area contributed by atoms with Crippen molar-refractivity contribution in [2.24, 2.45) is 0 Å². The Labute approximate surface area is 98.0 Å². The molecule has 0 saturated carbocycles. The van der Waals surface area contributed by atoms with E-state index in [4.69, 9.17) is 9.47 Å². The van der Waals surface area contributed by atoms with E-state index in [9.17, 15) is 14.7 Å². The first-order valence-electron chi connectivity index (χ1n) is 5.32. The second kappa shape index (κ2) is 4.45. The van der Waals surface area contributed by atoms with Crippen LogP contribution in [0.5, 0.6) is 11.5 Å². The summed E-state index contributed by atoms with van der Waals surface area (Å²) in [5.41, 5.74) is 0.531. The first-order chi connectivity index (χ1) is 8.11. The number of rotatable bonds is 3. The number of benzene rings is 1. The third-order valence-electron chi connectivity index (χ3n) is 2.54. The fraction of sp³-hybridized carbons (Fsp3) is 0.333. The topological polar surface area (TPSA) is 72.8 Å². The third kappa shape index (κ3) is 2.22. The molecule has 1 aliphatic rings. The Bertz CT molecular complexity index is 466. The van der Waals surface area contributed by atoms with Gasteiger partial charge in [0.1, 0.15) is 11.5 Å². The van der Waals surface area contributed by atoms with E-state index in [0.29, 0.717) is 11.3 Å². The zero-order valence-electron chi connectivity index (χ0n) is 9.30. The van der Waals surface area contributed by atoms with Gasteiger partial charge >= 0.3 is 11.9 Å². The SMILES string of the molecule is CCOC(=O)C[C@@H]1C(=O)Oc2ccc(O)cc21. The summed E-state index contributed by atoms with van der Waals surface area (Å²) in [5, 5.41) is 9.35. The molecule has 1 aliphatic heterocycles. The van der Waals surface area contributed by atoms with Crippen molar-refractivity contribution in [1.82, 2.24) is 0 Å². The first kappa shape index (κ1) is 11.4. The lowest BCUT2D eigenvalue weighted by atomic mass is 9.97. The van der Waals surface area contributed by atoms with E-state index in [2.05, 4.69) is 0 Å². The van der Waals surface area contributed by atoms with E-state index in [1.165, 1.54) is 18.2 Å². The standard InChI is InChI=1S/C12H12O5/c1-2-16-11(14)6-9-8-5-7(13)3-4-10(8)17-12(9)15/h3-5,9,13H,2,6H2,1H3/t9-/m0/s1. The lowest BCUT2D eigenvalue weighted by Gasteiger charge is -2.06. The number of phenols is 1. The number of carbonyl (C=O) groups is 2.